The Hall–Kier alpha value is -1.30. The molecule has 3 N–H and O–H groups in total. The molecule has 10 heteroatoms. The van der Waals surface area contributed by atoms with Gasteiger partial charge in [0.05, 0.1) is 31.8 Å². The zero-order valence-corrected chi connectivity index (χ0v) is 29.0. The third-order valence-corrected chi connectivity index (χ3v) is 13.3. The first kappa shape index (κ1) is 35.0. The van der Waals surface area contributed by atoms with E-state index in [-0.39, 0.29) is 48.4 Å². The third kappa shape index (κ3) is 6.71. The van der Waals surface area contributed by atoms with Gasteiger partial charge in [0.2, 0.25) is 5.91 Å². The summed E-state index contributed by atoms with van der Waals surface area (Å²) in [4.78, 5) is 35.4. The van der Waals surface area contributed by atoms with Gasteiger partial charge in [-0.1, -0.05) is 27.2 Å². The number of carbonyl (C=O) groups is 2. The van der Waals surface area contributed by atoms with Gasteiger partial charge in [-0.05, 0) is 101 Å². The molecule has 6 unspecified atom stereocenters. The minimum absolute atomic E-state index is 0.0545. The fourth-order valence-corrected chi connectivity index (χ4v) is 10.6. The van der Waals surface area contributed by atoms with Crippen LogP contribution in [0.1, 0.15) is 79.1 Å². The molecule has 5 saturated carbocycles. The molecule has 1 amide bonds. The van der Waals surface area contributed by atoms with Crippen molar-refractivity contribution in [1.82, 2.24) is 15.3 Å². The molecule has 5 aliphatic carbocycles. The van der Waals surface area contributed by atoms with Crippen LogP contribution in [0.4, 0.5) is 0 Å². The lowest BCUT2D eigenvalue weighted by Gasteiger charge is -2.62. The summed E-state index contributed by atoms with van der Waals surface area (Å²) in [6.45, 7) is 8.89. The second-order valence-electron chi connectivity index (χ2n) is 16.1. The second-order valence-corrected chi connectivity index (χ2v) is 16.1. The quantitative estimate of drug-likeness (QED) is 0.311. The van der Waals surface area contributed by atoms with E-state index in [1.165, 1.54) is 13.5 Å². The van der Waals surface area contributed by atoms with Crippen LogP contribution in [0.2, 0.25) is 0 Å². The molecule has 6 aliphatic rings. The molecule has 6 rings (SSSR count). The van der Waals surface area contributed by atoms with Crippen LogP contribution in [0.3, 0.4) is 0 Å². The topological polar surface area (TPSA) is 121 Å². The molecule has 6 fully saturated rings. The molecular weight excluding hydrogens is 574 g/mol. The predicted octanol–water partition coefficient (Wildman–Crippen LogP) is 3.10. The average Bonchev–Trinajstić information content (AvgIpc) is 3.39. The van der Waals surface area contributed by atoms with E-state index < -0.39 is 24.2 Å². The average molecular weight is 636 g/mol. The lowest BCUT2D eigenvalue weighted by molar-refractivity contribution is -0.193. The largest absolute Gasteiger partial charge is 0.469 e. The van der Waals surface area contributed by atoms with E-state index in [4.69, 9.17) is 14.3 Å². The highest BCUT2D eigenvalue weighted by Gasteiger charge is 2.58. The summed E-state index contributed by atoms with van der Waals surface area (Å²) in [6.07, 6.45) is 6.31. The molecular formula is C35H61N3O7. The SMILES string of the molecule is COC(=O)C1CC(C2CCCC(CN3O[C@@H](CO)[C@@H]([C@H](C)O)[C@H]3C(=O)N[C@H]3C[C@H]4C[C@@H]([C@@H]3C)C4(C)C)C2OC)CC(N(C)C)C1. The number of carbonyl (C=O) groups excluding carboxylic acids is 2. The Labute approximate surface area is 270 Å². The number of esters is 1. The van der Waals surface area contributed by atoms with E-state index in [1.54, 1.807) is 19.1 Å². The number of hydroxylamine groups is 2. The zero-order valence-electron chi connectivity index (χ0n) is 29.0. The van der Waals surface area contributed by atoms with Gasteiger partial charge < -0.3 is 29.9 Å². The summed E-state index contributed by atoms with van der Waals surface area (Å²) in [5.41, 5.74) is 0.321. The molecule has 0 spiro atoms. The Morgan fingerprint density at radius 3 is 2.42 bits per heavy atom. The maximum Gasteiger partial charge on any atom is 0.308 e. The number of rotatable bonds is 10. The van der Waals surface area contributed by atoms with Gasteiger partial charge in [-0.2, -0.15) is 5.06 Å². The van der Waals surface area contributed by atoms with Crippen molar-refractivity contribution in [1.29, 1.82) is 0 Å². The van der Waals surface area contributed by atoms with Crippen molar-refractivity contribution in [2.24, 2.45) is 52.8 Å². The van der Waals surface area contributed by atoms with Crippen molar-refractivity contribution in [2.75, 3.05) is 41.5 Å². The molecule has 1 aliphatic heterocycles. The van der Waals surface area contributed by atoms with Crippen molar-refractivity contribution in [3.05, 3.63) is 0 Å². The number of aliphatic hydroxyl groups is 2. The number of ether oxygens (including phenoxy) is 2. The molecule has 2 bridgehead atoms. The number of hydrogen-bond donors (Lipinski definition) is 3. The van der Waals surface area contributed by atoms with Crippen molar-refractivity contribution in [2.45, 2.75) is 115 Å². The highest BCUT2D eigenvalue weighted by Crippen LogP contribution is 2.61. The minimum Gasteiger partial charge on any atom is -0.469 e. The number of fused-ring (bicyclic) bond motifs is 2. The Kier molecular flexibility index (Phi) is 10.9. The minimum atomic E-state index is -0.822. The van der Waals surface area contributed by atoms with E-state index in [0.29, 0.717) is 41.7 Å². The number of aliphatic hydroxyl groups excluding tert-OH is 2. The Morgan fingerprint density at radius 2 is 1.84 bits per heavy atom. The van der Waals surface area contributed by atoms with Crippen LogP contribution in [0, 0.1) is 52.8 Å². The Bertz CT molecular complexity index is 1040. The van der Waals surface area contributed by atoms with Gasteiger partial charge in [-0.3, -0.25) is 14.4 Å². The van der Waals surface area contributed by atoms with Crippen molar-refractivity contribution < 1.29 is 34.1 Å². The molecule has 45 heavy (non-hydrogen) atoms. The van der Waals surface area contributed by atoms with E-state index >= 15 is 0 Å². The number of nitrogens with zero attached hydrogens (tertiary/aromatic N) is 2. The smallest absolute Gasteiger partial charge is 0.308 e. The Morgan fingerprint density at radius 1 is 1.11 bits per heavy atom. The first-order chi connectivity index (χ1) is 21.3. The van der Waals surface area contributed by atoms with E-state index in [0.717, 1.165) is 44.9 Å². The summed E-state index contributed by atoms with van der Waals surface area (Å²) in [5, 5.41) is 26.3. The van der Waals surface area contributed by atoms with Crippen LogP contribution in [-0.4, -0.2) is 110 Å². The van der Waals surface area contributed by atoms with Crippen LogP contribution in [0.15, 0.2) is 0 Å². The van der Waals surface area contributed by atoms with E-state index in [9.17, 15) is 19.8 Å². The first-order valence-corrected chi connectivity index (χ1v) is 17.6. The molecule has 1 saturated heterocycles. The molecule has 10 nitrogen and oxygen atoms in total. The number of nitrogens with one attached hydrogen (secondary N) is 1. The standard InChI is InChI=1S/C35H61N3O7/c1-19-27-15-24(35(27,3)4)16-28(19)36-33(41)31-30(20(2)40)29(18-39)45-38(31)17-21-10-9-11-26(32(21)43-7)22-12-23(34(42)44-8)14-25(13-22)37(5)6/h19-32,39-40H,9-18H2,1-8H3,(H,36,41)/t19-,20-,21?,22?,23?,24+,25?,26?,27-,28-,29-,30+,31-,32?/m0/s1. The predicted molar refractivity (Wildman–Crippen MR) is 171 cm³/mol. The summed E-state index contributed by atoms with van der Waals surface area (Å²) >= 11 is 0. The summed E-state index contributed by atoms with van der Waals surface area (Å²) in [7, 11) is 7.43. The fourth-order valence-electron chi connectivity index (χ4n) is 10.6. The summed E-state index contributed by atoms with van der Waals surface area (Å²) in [6, 6.07) is -0.296. The number of methoxy groups -OCH3 is 2. The molecule has 14 atom stereocenters. The maximum atomic E-state index is 14.2. The molecule has 0 aromatic rings. The highest BCUT2D eigenvalue weighted by molar-refractivity contribution is 5.82. The van der Waals surface area contributed by atoms with Crippen LogP contribution in [0.5, 0.6) is 0 Å². The lowest BCUT2D eigenvalue weighted by Crippen LogP contribution is -2.62. The van der Waals surface area contributed by atoms with E-state index in [1.807, 2.05) is 0 Å². The van der Waals surface area contributed by atoms with Gasteiger partial charge in [0.1, 0.15) is 12.1 Å². The Balaban J connectivity index is 1.33. The third-order valence-electron chi connectivity index (χ3n) is 13.3. The van der Waals surface area contributed by atoms with Gasteiger partial charge in [-0.15, -0.1) is 0 Å². The van der Waals surface area contributed by atoms with Crippen LogP contribution in [0.25, 0.3) is 0 Å². The molecule has 1 heterocycles. The summed E-state index contributed by atoms with van der Waals surface area (Å²) in [5.74, 6) is 1.40. The maximum absolute atomic E-state index is 14.2. The highest BCUT2D eigenvalue weighted by atomic mass is 16.7. The monoisotopic (exact) mass is 635 g/mol. The van der Waals surface area contributed by atoms with E-state index in [2.05, 4.69) is 45.1 Å². The fraction of sp³-hybridized carbons (Fsp3) is 0.943. The first-order valence-electron chi connectivity index (χ1n) is 17.6. The second kappa shape index (κ2) is 14.0. The van der Waals surface area contributed by atoms with Gasteiger partial charge in [0.25, 0.3) is 0 Å². The number of hydrogen-bond acceptors (Lipinski definition) is 9. The van der Waals surface area contributed by atoms with Gasteiger partial charge in [0.15, 0.2) is 0 Å². The van der Waals surface area contributed by atoms with Crippen LogP contribution < -0.4 is 5.32 Å². The zero-order chi connectivity index (χ0) is 32.8. The van der Waals surface area contributed by atoms with Crippen molar-refractivity contribution in [3.8, 4) is 0 Å². The van der Waals surface area contributed by atoms with Gasteiger partial charge in [-0.25, -0.2) is 0 Å². The van der Waals surface area contributed by atoms with Gasteiger partial charge >= 0.3 is 5.97 Å². The van der Waals surface area contributed by atoms with Crippen LogP contribution in [-0.2, 0) is 23.9 Å². The normalized spacial score (nSPS) is 43.8. The van der Waals surface area contributed by atoms with Crippen molar-refractivity contribution >= 4 is 11.9 Å². The number of amides is 1. The van der Waals surface area contributed by atoms with Crippen molar-refractivity contribution in [3.63, 3.8) is 0 Å². The van der Waals surface area contributed by atoms with Gasteiger partial charge in [0, 0.05) is 37.6 Å². The summed E-state index contributed by atoms with van der Waals surface area (Å²) < 4.78 is 11.5. The molecule has 0 aromatic carbocycles. The van der Waals surface area contributed by atoms with Crippen LogP contribution >= 0.6 is 0 Å². The molecule has 258 valence electrons. The molecule has 0 radical (unpaired) electrons. The lowest BCUT2D eigenvalue weighted by atomic mass is 9.45. The molecule has 0 aromatic heterocycles.